The number of hydrogen-bond donors (Lipinski definition) is 1. The largest absolute Gasteiger partial charge is 0.508 e. The molecule has 0 radical (unpaired) electrons. The molecule has 0 fully saturated rings. The Balaban J connectivity index is 1.93. The first-order chi connectivity index (χ1) is 9.19. The lowest BCUT2D eigenvalue weighted by atomic mass is 10.3. The van der Waals surface area contributed by atoms with Crippen molar-refractivity contribution >= 4 is 29.1 Å². The lowest BCUT2D eigenvalue weighted by Crippen LogP contribution is -2.03. The summed E-state index contributed by atoms with van der Waals surface area (Å²) in [5.41, 5.74) is 0.853. The molecule has 0 aliphatic carbocycles. The summed E-state index contributed by atoms with van der Waals surface area (Å²) < 4.78 is 4.89. The second kappa shape index (κ2) is 6.58. The quantitative estimate of drug-likeness (QED) is 0.677. The first kappa shape index (κ1) is 13.9. The molecule has 6 heteroatoms. The van der Waals surface area contributed by atoms with Crippen LogP contribution in [0.3, 0.4) is 0 Å². The van der Waals surface area contributed by atoms with Crippen LogP contribution in [0.2, 0.25) is 0 Å². The third-order valence-electron chi connectivity index (χ3n) is 2.23. The van der Waals surface area contributed by atoms with Gasteiger partial charge in [0.25, 0.3) is 0 Å². The van der Waals surface area contributed by atoms with Crippen molar-refractivity contribution in [3.05, 3.63) is 40.3 Å². The number of thiazole rings is 1. The van der Waals surface area contributed by atoms with E-state index >= 15 is 0 Å². The van der Waals surface area contributed by atoms with E-state index in [1.165, 1.54) is 11.3 Å². The van der Waals surface area contributed by atoms with Gasteiger partial charge in [0.15, 0.2) is 0 Å². The first-order valence-corrected chi connectivity index (χ1v) is 7.59. The Hall–Kier alpha value is -1.53. The second-order valence-corrected chi connectivity index (χ2v) is 5.55. The smallest absolute Gasteiger partial charge is 0.367 e. The van der Waals surface area contributed by atoms with Crippen LogP contribution in [-0.4, -0.2) is 22.7 Å². The van der Waals surface area contributed by atoms with Gasteiger partial charge < -0.3 is 9.84 Å². The molecule has 0 aliphatic rings. The Labute approximate surface area is 119 Å². The topological polar surface area (TPSA) is 59.4 Å². The number of nitrogens with zero attached hydrogens (tertiary/aromatic N) is 1. The van der Waals surface area contributed by atoms with E-state index in [9.17, 15) is 9.90 Å². The SMILES string of the molecule is CCOC(=O)c1nc(CSc2ccc(O)cc2)cs1. The molecule has 1 aromatic heterocycles. The van der Waals surface area contributed by atoms with E-state index in [1.807, 2.05) is 17.5 Å². The minimum Gasteiger partial charge on any atom is -0.508 e. The van der Waals surface area contributed by atoms with Gasteiger partial charge in [-0.25, -0.2) is 9.78 Å². The summed E-state index contributed by atoms with van der Waals surface area (Å²) in [4.78, 5) is 16.7. The molecule has 2 rings (SSSR count). The number of benzene rings is 1. The van der Waals surface area contributed by atoms with E-state index < -0.39 is 0 Å². The molecule has 0 unspecified atom stereocenters. The van der Waals surface area contributed by atoms with Crippen molar-refractivity contribution in [1.29, 1.82) is 0 Å². The molecule has 19 heavy (non-hydrogen) atoms. The number of esters is 1. The Morgan fingerprint density at radius 2 is 2.16 bits per heavy atom. The van der Waals surface area contributed by atoms with Crippen molar-refractivity contribution in [2.75, 3.05) is 6.61 Å². The summed E-state index contributed by atoms with van der Waals surface area (Å²) in [6.07, 6.45) is 0. The van der Waals surface area contributed by atoms with Gasteiger partial charge in [-0.1, -0.05) is 0 Å². The van der Waals surface area contributed by atoms with E-state index in [0.29, 0.717) is 17.4 Å². The molecule has 4 nitrogen and oxygen atoms in total. The Bertz CT molecular complexity index is 551. The number of thioether (sulfide) groups is 1. The molecule has 0 amide bonds. The molecule has 100 valence electrons. The minimum atomic E-state index is -0.367. The average Bonchev–Trinajstić information content (AvgIpc) is 2.87. The number of aromatic hydroxyl groups is 1. The number of hydrogen-bond acceptors (Lipinski definition) is 6. The highest BCUT2D eigenvalue weighted by Gasteiger charge is 2.11. The fourth-order valence-electron chi connectivity index (χ4n) is 1.36. The van der Waals surface area contributed by atoms with E-state index in [2.05, 4.69) is 4.98 Å². The number of phenolic OH excluding ortho intramolecular Hbond substituents is 1. The van der Waals surface area contributed by atoms with Gasteiger partial charge in [-0.3, -0.25) is 0 Å². The van der Waals surface area contributed by atoms with E-state index in [-0.39, 0.29) is 11.7 Å². The fraction of sp³-hybridized carbons (Fsp3) is 0.231. The van der Waals surface area contributed by atoms with E-state index in [4.69, 9.17) is 4.74 Å². The summed E-state index contributed by atoms with van der Waals surface area (Å²) in [5.74, 6) is 0.566. The van der Waals surface area contributed by atoms with Gasteiger partial charge in [-0.2, -0.15) is 0 Å². The summed E-state index contributed by atoms with van der Waals surface area (Å²) in [7, 11) is 0. The molecule has 0 spiro atoms. The number of carbonyl (C=O) groups is 1. The normalized spacial score (nSPS) is 10.4. The Kier molecular flexibility index (Phi) is 4.81. The van der Waals surface area contributed by atoms with Gasteiger partial charge in [0.1, 0.15) is 5.75 Å². The van der Waals surface area contributed by atoms with Crippen molar-refractivity contribution in [3.8, 4) is 5.75 Å². The third kappa shape index (κ3) is 3.97. The number of phenols is 1. The van der Waals surface area contributed by atoms with Gasteiger partial charge in [0.05, 0.1) is 12.3 Å². The van der Waals surface area contributed by atoms with Gasteiger partial charge in [0, 0.05) is 16.0 Å². The van der Waals surface area contributed by atoms with Crippen LogP contribution >= 0.6 is 23.1 Å². The second-order valence-electron chi connectivity index (χ2n) is 3.65. The van der Waals surface area contributed by atoms with Crippen molar-refractivity contribution in [2.24, 2.45) is 0 Å². The van der Waals surface area contributed by atoms with Crippen LogP contribution in [0.5, 0.6) is 5.75 Å². The van der Waals surface area contributed by atoms with E-state index in [1.54, 1.807) is 30.8 Å². The van der Waals surface area contributed by atoms with Crippen molar-refractivity contribution < 1.29 is 14.6 Å². The Morgan fingerprint density at radius 3 is 2.84 bits per heavy atom. The van der Waals surface area contributed by atoms with Crippen molar-refractivity contribution in [1.82, 2.24) is 4.98 Å². The molecule has 2 aromatic rings. The summed E-state index contributed by atoms with van der Waals surface area (Å²) in [6.45, 7) is 2.13. The van der Waals surface area contributed by atoms with Gasteiger partial charge in [0.2, 0.25) is 5.01 Å². The fourth-order valence-corrected chi connectivity index (χ4v) is 2.96. The predicted molar refractivity (Wildman–Crippen MR) is 75.7 cm³/mol. The molecule has 0 saturated carbocycles. The lowest BCUT2D eigenvalue weighted by Gasteiger charge is -1.99. The maximum absolute atomic E-state index is 11.5. The highest BCUT2D eigenvalue weighted by atomic mass is 32.2. The summed E-state index contributed by atoms with van der Waals surface area (Å²) in [6, 6.07) is 6.98. The molecular formula is C13H13NO3S2. The van der Waals surface area contributed by atoms with Gasteiger partial charge in [-0.15, -0.1) is 23.1 Å². The molecule has 0 bridgehead atoms. The third-order valence-corrected chi connectivity index (χ3v) is 4.14. The standard InChI is InChI=1S/C13H13NO3S2/c1-2-17-13(16)12-14-9(8-19-12)7-18-11-5-3-10(15)4-6-11/h3-6,8,15H,2,7H2,1H3. The highest BCUT2D eigenvalue weighted by Crippen LogP contribution is 2.25. The van der Waals surface area contributed by atoms with Crippen LogP contribution in [0, 0.1) is 0 Å². The highest BCUT2D eigenvalue weighted by molar-refractivity contribution is 7.98. The maximum Gasteiger partial charge on any atom is 0.367 e. The minimum absolute atomic E-state index is 0.252. The summed E-state index contributed by atoms with van der Waals surface area (Å²) >= 11 is 2.90. The van der Waals surface area contributed by atoms with Crippen LogP contribution in [0.15, 0.2) is 34.5 Å². The van der Waals surface area contributed by atoms with Crippen LogP contribution < -0.4 is 0 Å². The van der Waals surface area contributed by atoms with Crippen molar-refractivity contribution in [3.63, 3.8) is 0 Å². The maximum atomic E-state index is 11.5. The Morgan fingerprint density at radius 1 is 1.42 bits per heavy atom. The number of ether oxygens (including phenoxy) is 1. The molecule has 1 heterocycles. The van der Waals surface area contributed by atoms with Crippen LogP contribution in [0.1, 0.15) is 22.4 Å². The number of aromatic nitrogens is 1. The monoisotopic (exact) mass is 295 g/mol. The molecule has 0 aliphatic heterocycles. The number of carbonyl (C=O) groups excluding carboxylic acids is 1. The average molecular weight is 295 g/mol. The van der Waals surface area contributed by atoms with Gasteiger partial charge >= 0.3 is 5.97 Å². The zero-order valence-electron chi connectivity index (χ0n) is 10.3. The van der Waals surface area contributed by atoms with Gasteiger partial charge in [-0.05, 0) is 31.2 Å². The van der Waals surface area contributed by atoms with E-state index in [0.717, 1.165) is 10.6 Å². The molecule has 1 aromatic carbocycles. The van der Waals surface area contributed by atoms with Crippen LogP contribution in [0.4, 0.5) is 0 Å². The molecule has 1 N–H and O–H groups in total. The molecular weight excluding hydrogens is 282 g/mol. The molecule has 0 saturated heterocycles. The first-order valence-electron chi connectivity index (χ1n) is 5.72. The van der Waals surface area contributed by atoms with Crippen molar-refractivity contribution in [2.45, 2.75) is 17.6 Å². The number of rotatable bonds is 5. The molecule has 0 atom stereocenters. The zero-order chi connectivity index (χ0) is 13.7. The van der Waals surface area contributed by atoms with Crippen LogP contribution in [-0.2, 0) is 10.5 Å². The predicted octanol–water partition coefficient (Wildman–Crippen LogP) is 3.32. The summed E-state index contributed by atoms with van der Waals surface area (Å²) in [5, 5.41) is 11.4. The van der Waals surface area contributed by atoms with Crippen LogP contribution in [0.25, 0.3) is 0 Å². The zero-order valence-corrected chi connectivity index (χ0v) is 12.0. The lowest BCUT2D eigenvalue weighted by molar-refractivity contribution is 0.0525.